The monoisotopic (exact) mass is 184 g/mol. The SMILES string of the molecule is [C-]#[N+]c1ccc(C(C)(C)C)c([N+]#[C-])c1. The van der Waals surface area contributed by atoms with E-state index in [2.05, 4.69) is 30.5 Å². The molecule has 0 fully saturated rings. The molecule has 0 radical (unpaired) electrons. The second-order valence-electron chi connectivity index (χ2n) is 4.18. The molecule has 2 nitrogen and oxygen atoms in total. The first-order valence-corrected chi connectivity index (χ1v) is 4.38. The van der Waals surface area contributed by atoms with Crippen molar-refractivity contribution in [1.82, 2.24) is 0 Å². The van der Waals surface area contributed by atoms with E-state index < -0.39 is 0 Å². The lowest BCUT2D eigenvalue weighted by Crippen LogP contribution is -2.10. The summed E-state index contributed by atoms with van der Waals surface area (Å²) in [5, 5.41) is 0. The largest absolute Gasteiger partial charge is 0.240 e. The zero-order valence-electron chi connectivity index (χ0n) is 8.63. The molecule has 0 aliphatic heterocycles. The number of benzene rings is 1. The van der Waals surface area contributed by atoms with Gasteiger partial charge in [-0.3, -0.25) is 0 Å². The zero-order valence-corrected chi connectivity index (χ0v) is 8.63. The quantitative estimate of drug-likeness (QED) is 0.537. The molecular formula is C12H12N2. The summed E-state index contributed by atoms with van der Waals surface area (Å²) in [7, 11) is 0. The molecule has 0 atom stereocenters. The highest BCUT2D eigenvalue weighted by Crippen LogP contribution is 2.34. The third-order valence-corrected chi connectivity index (χ3v) is 2.04. The third-order valence-electron chi connectivity index (χ3n) is 2.04. The summed E-state index contributed by atoms with van der Waals surface area (Å²) in [6.07, 6.45) is 0. The van der Waals surface area contributed by atoms with Crippen LogP contribution in [0, 0.1) is 13.1 Å². The number of hydrogen-bond acceptors (Lipinski definition) is 0. The van der Waals surface area contributed by atoms with Crippen molar-refractivity contribution >= 4 is 11.4 Å². The molecule has 1 aromatic carbocycles. The molecule has 0 aliphatic rings. The van der Waals surface area contributed by atoms with Crippen molar-refractivity contribution in [1.29, 1.82) is 0 Å². The summed E-state index contributed by atoms with van der Waals surface area (Å²) in [5.41, 5.74) is 2.08. The van der Waals surface area contributed by atoms with Gasteiger partial charge in [-0.15, -0.1) is 0 Å². The Bertz CT molecular complexity index is 425. The minimum atomic E-state index is -0.0412. The van der Waals surface area contributed by atoms with E-state index in [0.29, 0.717) is 11.4 Å². The minimum absolute atomic E-state index is 0.0412. The van der Waals surface area contributed by atoms with E-state index in [1.54, 1.807) is 12.1 Å². The fraction of sp³-hybridized carbons (Fsp3) is 0.333. The van der Waals surface area contributed by atoms with Gasteiger partial charge in [-0.25, -0.2) is 9.69 Å². The molecule has 1 rings (SSSR count). The molecule has 0 unspecified atom stereocenters. The average molecular weight is 184 g/mol. The maximum atomic E-state index is 7.06. The van der Waals surface area contributed by atoms with Crippen molar-refractivity contribution in [2.24, 2.45) is 0 Å². The van der Waals surface area contributed by atoms with Gasteiger partial charge in [-0.1, -0.05) is 39.0 Å². The Hall–Kier alpha value is -1.80. The van der Waals surface area contributed by atoms with E-state index >= 15 is 0 Å². The van der Waals surface area contributed by atoms with Crippen molar-refractivity contribution < 1.29 is 0 Å². The Labute approximate surface area is 84.8 Å². The van der Waals surface area contributed by atoms with Gasteiger partial charge in [-0.2, -0.15) is 0 Å². The highest BCUT2D eigenvalue weighted by molar-refractivity contribution is 5.64. The molecule has 0 aliphatic carbocycles. The normalized spacial score (nSPS) is 10.4. The van der Waals surface area contributed by atoms with Crippen molar-refractivity contribution in [3.05, 3.63) is 46.6 Å². The van der Waals surface area contributed by atoms with Gasteiger partial charge in [0.25, 0.3) is 0 Å². The predicted molar refractivity (Wildman–Crippen MR) is 57.7 cm³/mol. The van der Waals surface area contributed by atoms with E-state index in [1.807, 2.05) is 6.07 Å². The van der Waals surface area contributed by atoms with Gasteiger partial charge in [0.05, 0.1) is 13.1 Å². The van der Waals surface area contributed by atoms with E-state index in [9.17, 15) is 0 Å². The standard InChI is InChI=1S/C12H12N2/c1-12(2,3)10-7-6-9(13-4)8-11(10)14-5/h6-8H,1-3H3. The van der Waals surface area contributed by atoms with Crippen LogP contribution in [-0.4, -0.2) is 0 Å². The fourth-order valence-electron chi connectivity index (χ4n) is 1.32. The Morgan fingerprint density at radius 1 is 1.07 bits per heavy atom. The van der Waals surface area contributed by atoms with Crippen LogP contribution in [0.4, 0.5) is 11.4 Å². The summed E-state index contributed by atoms with van der Waals surface area (Å²) in [6.45, 7) is 20.1. The van der Waals surface area contributed by atoms with Crippen LogP contribution in [0.1, 0.15) is 26.3 Å². The van der Waals surface area contributed by atoms with Gasteiger partial charge < -0.3 is 0 Å². The Balaban J connectivity index is 3.37. The number of nitrogens with zero attached hydrogens (tertiary/aromatic N) is 2. The van der Waals surface area contributed by atoms with Gasteiger partial charge in [0.2, 0.25) is 0 Å². The summed E-state index contributed by atoms with van der Waals surface area (Å²) < 4.78 is 0. The zero-order chi connectivity index (χ0) is 10.8. The second kappa shape index (κ2) is 3.52. The lowest BCUT2D eigenvalue weighted by Gasteiger charge is -2.20. The van der Waals surface area contributed by atoms with Crippen LogP contribution in [0.3, 0.4) is 0 Å². The van der Waals surface area contributed by atoms with Crippen LogP contribution in [0.2, 0.25) is 0 Å². The van der Waals surface area contributed by atoms with E-state index in [0.717, 1.165) is 5.56 Å². The number of rotatable bonds is 0. The van der Waals surface area contributed by atoms with Gasteiger partial charge in [0, 0.05) is 0 Å². The first kappa shape index (κ1) is 10.3. The highest BCUT2D eigenvalue weighted by atomic mass is 14.7. The molecule has 0 spiro atoms. The van der Waals surface area contributed by atoms with Crippen molar-refractivity contribution in [3.8, 4) is 0 Å². The lowest BCUT2D eigenvalue weighted by molar-refractivity contribution is 0.593. The van der Waals surface area contributed by atoms with Gasteiger partial charge in [0.1, 0.15) is 0 Å². The van der Waals surface area contributed by atoms with Crippen LogP contribution in [0.15, 0.2) is 18.2 Å². The first-order valence-electron chi connectivity index (χ1n) is 4.38. The lowest BCUT2D eigenvalue weighted by atomic mass is 9.86. The molecule has 0 amide bonds. The molecule has 0 saturated heterocycles. The Morgan fingerprint density at radius 2 is 1.71 bits per heavy atom. The summed E-state index contributed by atoms with van der Waals surface area (Å²) in [4.78, 5) is 6.76. The maximum Gasteiger partial charge on any atom is 0.180 e. The molecule has 0 heterocycles. The summed E-state index contributed by atoms with van der Waals surface area (Å²) in [6, 6.07) is 5.30. The van der Waals surface area contributed by atoms with Gasteiger partial charge in [0.15, 0.2) is 11.4 Å². The molecule has 0 saturated carbocycles. The molecule has 14 heavy (non-hydrogen) atoms. The maximum absolute atomic E-state index is 7.06. The van der Waals surface area contributed by atoms with Crippen LogP contribution in [0.25, 0.3) is 9.69 Å². The Kier molecular flexibility index (Phi) is 2.58. The fourth-order valence-corrected chi connectivity index (χ4v) is 1.32. The first-order chi connectivity index (χ1) is 6.49. The van der Waals surface area contributed by atoms with Crippen LogP contribution < -0.4 is 0 Å². The average Bonchev–Trinajstić information content (AvgIpc) is 2.15. The van der Waals surface area contributed by atoms with E-state index in [1.165, 1.54) is 0 Å². The molecule has 2 heteroatoms. The van der Waals surface area contributed by atoms with E-state index in [-0.39, 0.29) is 5.41 Å². The molecule has 1 aromatic rings. The predicted octanol–water partition coefficient (Wildman–Crippen LogP) is 4.09. The molecule has 0 N–H and O–H groups in total. The molecular weight excluding hydrogens is 172 g/mol. The Morgan fingerprint density at radius 3 is 2.14 bits per heavy atom. The minimum Gasteiger partial charge on any atom is -0.240 e. The molecule has 0 aromatic heterocycles. The third kappa shape index (κ3) is 1.92. The summed E-state index contributed by atoms with van der Waals surface area (Å²) >= 11 is 0. The topological polar surface area (TPSA) is 8.72 Å². The van der Waals surface area contributed by atoms with Crippen LogP contribution >= 0.6 is 0 Å². The van der Waals surface area contributed by atoms with Crippen molar-refractivity contribution in [2.75, 3.05) is 0 Å². The molecule has 70 valence electrons. The van der Waals surface area contributed by atoms with Crippen LogP contribution in [0.5, 0.6) is 0 Å². The van der Waals surface area contributed by atoms with E-state index in [4.69, 9.17) is 13.1 Å². The second-order valence-corrected chi connectivity index (χ2v) is 4.18. The molecule has 0 bridgehead atoms. The van der Waals surface area contributed by atoms with Crippen molar-refractivity contribution in [2.45, 2.75) is 26.2 Å². The smallest absolute Gasteiger partial charge is 0.180 e. The summed E-state index contributed by atoms with van der Waals surface area (Å²) in [5.74, 6) is 0. The van der Waals surface area contributed by atoms with Gasteiger partial charge >= 0.3 is 0 Å². The highest BCUT2D eigenvalue weighted by Gasteiger charge is 2.17. The number of hydrogen-bond donors (Lipinski definition) is 0. The van der Waals surface area contributed by atoms with Gasteiger partial charge in [-0.05, 0) is 11.0 Å². The van der Waals surface area contributed by atoms with Crippen molar-refractivity contribution in [3.63, 3.8) is 0 Å². The van der Waals surface area contributed by atoms with Crippen LogP contribution in [-0.2, 0) is 5.41 Å².